The Bertz CT molecular complexity index is 630. The monoisotopic (exact) mass is 284 g/mol. The Morgan fingerprint density at radius 3 is 2.81 bits per heavy atom. The van der Waals surface area contributed by atoms with Crippen molar-refractivity contribution in [3.05, 3.63) is 59.8 Å². The average Bonchev–Trinajstić information content (AvgIpc) is 2.56. The average molecular weight is 284 g/mol. The minimum absolute atomic E-state index is 0.0661. The van der Waals surface area contributed by atoms with Crippen LogP contribution >= 0.6 is 0 Å². The van der Waals surface area contributed by atoms with Gasteiger partial charge in [0, 0.05) is 19.3 Å². The highest BCUT2D eigenvalue weighted by Gasteiger charge is 2.25. The molecule has 21 heavy (non-hydrogen) atoms. The first kappa shape index (κ1) is 13.6. The zero-order chi connectivity index (χ0) is 14.7. The van der Waals surface area contributed by atoms with Crippen molar-refractivity contribution >= 4 is 11.8 Å². The molecule has 3 rings (SSSR count). The maximum atomic E-state index is 11.3. The lowest BCUT2D eigenvalue weighted by Crippen LogP contribution is -2.39. The number of morpholine rings is 1. The van der Waals surface area contributed by atoms with Gasteiger partial charge < -0.3 is 14.7 Å². The van der Waals surface area contributed by atoms with Crippen LogP contribution < -0.4 is 4.90 Å². The van der Waals surface area contributed by atoms with Gasteiger partial charge in [-0.1, -0.05) is 30.3 Å². The van der Waals surface area contributed by atoms with Gasteiger partial charge in [-0.05, 0) is 17.7 Å². The van der Waals surface area contributed by atoms with Crippen molar-refractivity contribution in [1.29, 1.82) is 0 Å². The number of anilines is 1. The molecule has 1 N–H and O–H groups in total. The Hall–Kier alpha value is -2.40. The van der Waals surface area contributed by atoms with Crippen LogP contribution in [0.25, 0.3) is 0 Å². The van der Waals surface area contributed by atoms with Gasteiger partial charge in [-0.25, -0.2) is 9.78 Å². The smallest absolute Gasteiger partial charge is 0.339 e. The summed E-state index contributed by atoms with van der Waals surface area (Å²) in [4.78, 5) is 17.5. The van der Waals surface area contributed by atoms with Gasteiger partial charge in [0.2, 0.25) is 0 Å². The third-order valence-corrected chi connectivity index (χ3v) is 3.55. The van der Waals surface area contributed by atoms with Crippen LogP contribution in [0.3, 0.4) is 0 Å². The maximum Gasteiger partial charge on any atom is 0.339 e. The standard InChI is InChI=1S/C16H16N2O3/c19-16(20)13-7-4-8-17-15(13)18-9-10-21-14(11-18)12-5-2-1-3-6-12/h1-8,14H,9-11H2,(H,19,20)/t14-/m1/s1. The van der Waals surface area contributed by atoms with Crippen molar-refractivity contribution in [1.82, 2.24) is 4.98 Å². The van der Waals surface area contributed by atoms with E-state index in [0.29, 0.717) is 25.5 Å². The van der Waals surface area contributed by atoms with Crippen molar-refractivity contribution in [2.24, 2.45) is 0 Å². The number of aromatic carboxylic acids is 1. The molecule has 5 nitrogen and oxygen atoms in total. The minimum atomic E-state index is -0.958. The van der Waals surface area contributed by atoms with Crippen LogP contribution in [0.1, 0.15) is 22.0 Å². The van der Waals surface area contributed by atoms with Crippen LogP contribution in [0.5, 0.6) is 0 Å². The number of benzene rings is 1. The molecule has 0 aliphatic carbocycles. The zero-order valence-corrected chi connectivity index (χ0v) is 11.5. The fraction of sp³-hybridized carbons (Fsp3) is 0.250. The molecule has 1 fully saturated rings. The van der Waals surface area contributed by atoms with Gasteiger partial charge >= 0.3 is 5.97 Å². The lowest BCUT2D eigenvalue weighted by Gasteiger charge is -2.34. The molecule has 108 valence electrons. The number of pyridine rings is 1. The van der Waals surface area contributed by atoms with E-state index in [1.54, 1.807) is 18.3 Å². The van der Waals surface area contributed by atoms with E-state index in [4.69, 9.17) is 4.74 Å². The second kappa shape index (κ2) is 5.93. The summed E-state index contributed by atoms with van der Waals surface area (Å²) in [6, 6.07) is 13.2. The third-order valence-electron chi connectivity index (χ3n) is 3.55. The second-order valence-electron chi connectivity index (χ2n) is 4.90. The molecule has 1 aromatic carbocycles. The van der Waals surface area contributed by atoms with Crippen molar-refractivity contribution in [3.8, 4) is 0 Å². The maximum absolute atomic E-state index is 11.3. The molecular weight excluding hydrogens is 268 g/mol. The Balaban J connectivity index is 1.85. The minimum Gasteiger partial charge on any atom is -0.478 e. The summed E-state index contributed by atoms with van der Waals surface area (Å²) in [6.45, 7) is 1.79. The van der Waals surface area contributed by atoms with Crippen molar-refractivity contribution in [2.75, 3.05) is 24.6 Å². The largest absolute Gasteiger partial charge is 0.478 e. The highest BCUT2D eigenvalue weighted by Crippen LogP contribution is 2.26. The Morgan fingerprint density at radius 1 is 1.24 bits per heavy atom. The van der Waals surface area contributed by atoms with E-state index < -0.39 is 5.97 Å². The van der Waals surface area contributed by atoms with Gasteiger partial charge in [-0.15, -0.1) is 0 Å². The van der Waals surface area contributed by atoms with E-state index in [1.165, 1.54) is 0 Å². The normalized spacial score (nSPS) is 18.5. The van der Waals surface area contributed by atoms with Gasteiger partial charge in [0.25, 0.3) is 0 Å². The van der Waals surface area contributed by atoms with Gasteiger partial charge in [-0.3, -0.25) is 0 Å². The first-order chi connectivity index (χ1) is 10.3. The number of rotatable bonds is 3. The summed E-state index contributed by atoms with van der Waals surface area (Å²) in [5.74, 6) is -0.449. The number of hydrogen-bond acceptors (Lipinski definition) is 4. The number of ether oxygens (including phenoxy) is 1. The van der Waals surface area contributed by atoms with E-state index in [-0.39, 0.29) is 11.7 Å². The van der Waals surface area contributed by atoms with E-state index in [2.05, 4.69) is 4.98 Å². The van der Waals surface area contributed by atoms with E-state index in [9.17, 15) is 9.90 Å². The number of nitrogens with zero attached hydrogens (tertiary/aromatic N) is 2. The molecule has 0 amide bonds. The SMILES string of the molecule is O=C(O)c1cccnc1N1CCO[C@@H](c2ccccc2)C1. The molecule has 1 aromatic heterocycles. The summed E-state index contributed by atoms with van der Waals surface area (Å²) in [6.07, 6.45) is 1.55. The van der Waals surface area contributed by atoms with Crippen molar-refractivity contribution < 1.29 is 14.6 Å². The van der Waals surface area contributed by atoms with Gasteiger partial charge in [0.15, 0.2) is 0 Å². The lowest BCUT2D eigenvalue weighted by atomic mass is 10.1. The summed E-state index contributed by atoms with van der Waals surface area (Å²) in [5.41, 5.74) is 1.32. The number of carbonyl (C=O) groups is 1. The Kier molecular flexibility index (Phi) is 3.83. The summed E-state index contributed by atoms with van der Waals surface area (Å²) < 4.78 is 5.80. The van der Waals surface area contributed by atoms with Crippen LogP contribution in [-0.4, -0.2) is 35.8 Å². The highest BCUT2D eigenvalue weighted by molar-refractivity contribution is 5.93. The zero-order valence-electron chi connectivity index (χ0n) is 11.5. The first-order valence-electron chi connectivity index (χ1n) is 6.85. The summed E-state index contributed by atoms with van der Waals surface area (Å²) in [7, 11) is 0. The first-order valence-corrected chi connectivity index (χ1v) is 6.85. The molecule has 0 bridgehead atoms. The van der Waals surface area contributed by atoms with Crippen LogP contribution in [-0.2, 0) is 4.74 Å². The van der Waals surface area contributed by atoms with Crippen molar-refractivity contribution in [2.45, 2.75) is 6.10 Å². The molecule has 0 saturated carbocycles. The van der Waals surface area contributed by atoms with E-state index in [0.717, 1.165) is 5.56 Å². The lowest BCUT2D eigenvalue weighted by molar-refractivity contribution is 0.0393. The number of hydrogen-bond donors (Lipinski definition) is 1. The number of carboxylic acids is 1. The second-order valence-corrected chi connectivity index (χ2v) is 4.90. The topological polar surface area (TPSA) is 62.7 Å². The summed E-state index contributed by atoms with van der Waals surface area (Å²) >= 11 is 0. The molecule has 0 radical (unpaired) electrons. The number of carboxylic acid groups (broad SMARTS) is 1. The fourth-order valence-electron chi connectivity index (χ4n) is 2.53. The van der Waals surface area contributed by atoms with Gasteiger partial charge in [-0.2, -0.15) is 0 Å². The fourth-order valence-corrected chi connectivity index (χ4v) is 2.53. The van der Waals surface area contributed by atoms with E-state index in [1.807, 2.05) is 35.2 Å². The Morgan fingerprint density at radius 2 is 2.05 bits per heavy atom. The summed E-state index contributed by atoms with van der Waals surface area (Å²) in [5, 5.41) is 9.28. The predicted octanol–water partition coefficient (Wildman–Crippen LogP) is 2.36. The quantitative estimate of drug-likeness (QED) is 0.937. The van der Waals surface area contributed by atoms with Crippen molar-refractivity contribution in [3.63, 3.8) is 0 Å². The predicted molar refractivity (Wildman–Crippen MR) is 78.5 cm³/mol. The van der Waals surface area contributed by atoms with Crippen LogP contribution in [0, 0.1) is 0 Å². The molecule has 1 atom stereocenters. The number of aromatic nitrogens is 1. The molecular formula is C16H16N2O3. The molecule has 2 aromatic rings. The van der Waals surface area contributed by atoms with E-state index >= 15 is 0 Å². The molecule has 0 unspecified atom stereocenters. The molecule has 1 aliphatic rings. The van der Waals surface area contributed by atoms with Crippen LogP contribution in [0.2, 0.25) is 0 Å². The molecule has 5 heteroatoms. The third kappa shape index (κ3) is 2.87. The van der Waals surface area contributed by atoms with Gasteiger partial charge in [0.1, 0.15) is 17.5 Å². The molecule has 1 aliphatic heterocycles. The highest BCUT2D eigenvalue weighted by atomic mass is 16.5. The molecule has 0 spiro atoms. The molecule has 2 heterocycles. The Labute approximate surface area is 122 Å². The molecule has 1 saturated heterocycles. The van der Waals surface area contributed by atoms with Crippen LogP contribution in [0.15, 0.2) is 48.7 Å². The van der Waals surface area contributed by atoms with Gasteiger partial charge in [0.05, 0.1) is 6.61 Å². The van der Waals surface area contributed by atoms with Crippen LogP contribution in [0.4, 0.5) is 5.82 Å².